The van der Waals surface area contributed by atoms with Crippen molar-refractivity contribution in [1.82, 2.24) is 4.90 Å². The van der Waals surface area contributed by atoms with Gasteiger partial charge in [0, 0.05) is 25.3 Å². The maximum absolute atomic E-state index is 12.9. The van der Waals surface area contributed by atoms with E-state index in [9.17, 15) is 35.1 Å². The van der Waals surface area contributed by atoms with E-state index in [1.54, 1.807) is 17.0 Å². The molecule has 9 atom stereocenters. The van der Waals surface area contributed by atoms with E-state index in [0.29, 0.717) is 13.0 Å². The molecule has 3 heterocycles. The molecule has 0 unspecified atom stereocenters. The van der Waals surface area contributed by atoms with Gasteiger partial charge in [0.2, 0.25) is 12.2 Å². The number of hydrogen-bond acceptors (Lipinski definition) is 12. The van der Waals surface area contributed by atoms with Gasteiger partial charge in [0.25, 0.3) is 0 Å². The highest BCUT2D eigenvalue weighted by Crippen LogP contribution is 2.45. The molecule has 1 fully saturated rings. The number of aromatic hydroxyl groups is 1. The summed E-state index contributed by atoms with van der Waals surface area (Å²) in [6.45, 7) is 5.09. The molecule has 1 aromatic rings. The molecule has 1 aromatic carbocycles. The number of amides is 1. The van der Waals surface area contributed by atoms with Crippen molar-refractivity contribution >= 4 is 11.9 Å². The van der Waals surface area contributed by atoms with Crippen LogP contribution >= 0.6 is 0 Å². The second kappa shape index (κ2) is 12.8. The van der Waals surface area contributed by atoms with E-state index in [-0.39, 0.29) is 29.4 Å². The Balaban J connectivity index is 1.70. The van der Waals surface area contributed by atoms with Crippen LogP contribution in [0.5, 0.6) is 11.5 Å². The minimum atomic E-state index is -1.68. The first-order valence-corrected chi connectivity index (χ1v) is 13.3. The summed E-state index contributed by atoms with van der Waals surface area (Å²) in [6, 6.07) is 2.74. The van der Waals surface area contributed by atoms with Crippen LogP contribution in [0.15, 0.2) is 36.6 Å². The second-order valence-corrected chi connectivity index (χ2v) is 10.3. The third-order valence-corrected chi connectivity index (χ3v) is 8.00. The number of phenols is 1. The predicted octanol–water partition coefficient (Wildman–Crippen LogP) is -0.115. The largest absolute Gasteiger partial charge is 0.504 e. The van der Waals surface area contributed by atoms with Crippen LogP contribution in [0.3, 0.4) is 0 Å². The van der Waals surface area contributed by atoms with E-state index in [2.05, 4.69) is 6.58 Å². The normalized spacial score (nSPS) is 33.2. The Hall–Kier alpha value is -3.20. The first kappa shape index (κ1) is 30.8. The molecule has 3 aliphatic rings. The quantitative estimate of drug-likeness (QED) is 0.204. The van der Waals surface area contributed by atoms with Crippen molar-refractivity contribution in [3.63, 3.8) is 0 Å². The van der Waals surface area contributed by atoms with Crippen molar-refractivity contribution in [2.45, 2.75) is 62.8 Å². The van der Waals surface area contributed by atoms with Gasteiger partial charge in [-0.2, -0.15) is 0 Å². The number of esters is 1. The monoisotopic (exact) mass is 579 g/mol. The lowest BCUT2D eigenvalue weighted by molar-refractivity contribution is -0.339. The zero-order valence-corrected chi connectivity index (χ0v) is 23.1. The number of methoxy groups -OCH3 is 2. The third-order valence-electron chi connectivity index (χ3n) is 8.00. The summed E-state index contributed by atoms with van der Waals surface area (Å²) in [5, 5.41) is 50.7. The van der Waals surface area contributed by atoms with Crippen LogP contribution in [0.25, 0.3) is 0 Å². The highest BCUT2D eigenvalue weighted by atomic mass is 16.8. The maximum Gasteiger partial charge on any atom is 0.337 e. The molecule has 41 heavy (non-hydrogen) atoms. The molecule has 13 nitrogen and oxygen atoms in total. The van der Waals surface area contributed by atoms with Crippen LogP contribution in [0.2, 0.25) is 0 Å². The molecule has 13 heteroatoms. The van der Waals surface area contributed by atoms with Crippen LogP contribution < -0.4 is 4.74 Å². The average molecular weight is 580 g/mol. The number of aliphatic hydroxyl groups is 4. The van der Waals surface area contributed by atoms with E-state index >= 15 is 0 Å². The zero-order valence-electron chi connectivity index (χ0n) is 23.1. The number of phenolic OH excluding ortho intramolecular Hbond substituents is 1. The summed E-state index contributed by atoms with van der Waals surface area (Å²) < 4.78 is 27.4. The topological polar surface area (TPSA) is 185 Å². The highest BCUT2D eigenvalue weighted by Gasteiger charge is 2.48. The van der Waals surface area contributed by atoms with Gasteiger partial charge in [0.1, 0.15) is 24.4 Å². The molecule has 3 aliphatic heterocycles. The molecule has 0 bridgehead atoms. The number of fused-ring (bicyclic) bond motifs is 1. The molecular weight excluding hydrogens is 542 g/mol. The van der Waals surface area contributed by atoms with Crippen molar-refractivity contribution in [3.8, 4) is 11.5 Å². The van der Waals surface area contributed by atoms with Gasteiger partial charge in [-0.05, 0) is 36.1 Å². The molecular formula is C28H37NO12. The average Bonchev–Trinajstić information content (AvgIpc) is 2.96. The molecule has 0 aliphatic carbocycles. The lowest BCUT2D eigenvalue weighted by Crippen LogP contribution is -2.60. The Labute approximate surface area is 237 Å². The fourth-order valence-corrected chi connectivity index (χ4v) is 5.78. The number of aliphatic hydroxyl groups excluding tert-OH is 4. The Bertz CT molecular complexity index is 1170. The second-order valence-electron chi connectivity index (χ2n) is 10.3. The summed E-state index contributed by atoms with van der Waals surface area (Å²) in [7, 11) is 2.65. The molecule has 226 valence electrons. The van der Waals surface area contributed by atoms with E-state index in [1.807, 2.05) is 0 Å². The van der Waals surface area contributed by atoms with Gasteiger partial charge in [0.15, 0.2) is 17.8 Å². The molecule has 0 saturated carbocycles. The fourth-order valence-electron chi connectivity index (χ4n) is 5.78. The Kier molecular flexibility index (Phi) is 9.57. The molecule has 4 rings (SSSR count). The van der Waals surface area contributed by atoms with Crippen LogP contribution in [0.1, 0.15) is 30.5 Å². The molecule has 0 aromatic heterocycles. The van der Waals surface area contributed by atoms with E-state index < -0.39 is 67.4 Å². The van der Waals surface area contributed by atoms with Gasteiger partial charge in [-0.3, -0.25) is 4.79 Å². The number of hydrogen-bond donors (Lipinski definition) is 5. The van der Waals surface area contributed by atoms with Crippen molar-refractivity contribution in [3.05, 3.63) is 47.7 Å². The van der Waals surface area contributed by atoms with Crippen molar-refractivity contribution in [2.24, 2.45) is 11.8 Å². The minimum Gasteiger partial charge on any atom is -0.504 e. The maximum atomic E-state index is 12.9. The summed E-state index contributed by atoms with van der Waals surface area (Å²) in [6.07, 6.45) is -5.41. The predicted molar refractivity (Wildman–Crippen MR) is 140 cm³/mol. The number of rotatable bonds is 8. The SMILES string of the molecule is C=C[C@H]1[C@H](O[C@@H]2O[C@H](CO)[C@@H](O)[C@H](O)[C@@H]2O)OC=C(C(=O)OC)[C@H]1C[C@H]1c2cc(OC)c(O)cc2CCN1C(C)=O. The number of ether oxygens (including phenoxy) is 5. The smallest absolute Gasteiger partial charge is 0.337 e. The standard InChI is InChI=1S/C28H37NO12/c1-5-15-17(9-19-16-10-21(37-3)20(32)8-14(16)6-7-29(19)13(2)31)18(26(36)38-4)12-39-27(15)41-28-25(35)24(34)23(33)22(11-30)40-28/h5,8,10,12,15,17,19,22-25,27-28,30,32-35H,1,6-7,9,11H2,2-4H3/t15-,17+,19+,22-,23-,24+,25+,27+,28+/m1/s1. The molecule has 1 saturated heterocycles. The lowest BCUT2D eigenvalue weighted by Gasteiger charge is -2.44. The first-order chi connectivity index (χ1) is 19.6. The van der Waals surface area contributed by atoms with Crippen molar-refractivity contribution in [2.75, 3.05) is 27.4 Å². The Morgan fingerprint density at radius 2 is 1.88 bits per heavy atom. The number of carbonyl (C=O) groups is 2. The third kappa shape index (κ3) is 5.92. The Morgan fingerprint density at radius 1 is 1.15 bits per heavy atom. The zero-order chi connectivity index (χ0) is 30.0. The Morgan fingerprint density at radius 3 is 2.49 bits per heavy atom. The molecule has 0 radical (unpaired) electrons. The van der Waals surface area contributed by atoms with E-state index in [1.165, 1.54) is 33.5 Å². The van der Waals surface area contributed by atoms with Crippen molar-refractivity contribution < 1.29 is 58.8 Å². The number of carbonyl (C=O) groups excluding carboxylic acids is 2. The van der Waals surface area contributed by atoms with Crippen LogP contribution in [-0.2, 0) is 35.0 Å². The summed E-state index contributed by atoms with van der Waals surface area (Å²) in [5.74, 6) is -2.08. The minimum absolute atomic E-state index is 0.0283. The van der Waals surface area contributed by atoms with Crippen LogP contribution in [-0.4, -0.2) is 107 Å². The van der Waals surface area contributed by atoms with Crippen molar-refractivity contribution in [1.29, 1.82) is 0 Å². The van der Waals surface area contributed by atoms with Gasteiger partial charge < -0.3 is 54.1 Å². The highest BCUT2D eigenvalue weighted by molar-refractivity contribution is 5.89. The van der Waals surface area contributed by atoms with Gasteiger partial charge in [-0.25, -0.2) is 4.79 Å². The fraction of sp³-hybridized carbons (Fsp3) is 0.571. The summed E-state index contributed by atoms with van der Waals surface area (Å²) in [5.41, 5.74) is 1.73. The van der Waals surface area contributed by atoms with Crippen LogP contribution in [0.4, 0.5) is 0 Å². The van der Waals surface area contributed by atoms with Gasteiger partial charge in [-0.1, -0.05) is 6.08 Å². The lowest BCUT2D eigenvalue weighted by atomic mass is 9.76. The van der Waals surface area contributed by atoms with Gasteiger partial charge >= 0.3 is 5.97 Å². The van der Waals surface area contributed by atoms with E-state index in [0.717, 1.165) is 11.1 Å². The van der Waals surface area contributed by atoms with Crippen LogP contribution in [0, 0.1) is 11.8 Å². The van der Waals surface area contributed by atoms with E-state index in [4.69, 9.17) is 23.7 Å². The molecule has 1 amide bonds. The van der Waals surface area contributed by atoms with Gasteiger partial charge in [0.05, 0.1) is 38.7 Å². The summed E-state index contributed by atoms with van der Waals surface area (Å²) in [4.78, 5) is 27.3. The van der Waals surface area contributed by atoms with Gasteiger partial charge in [-0.15, -0.1) is 6.58 Å². The molecule has 0 spiro atoms. The molecule has 5 N–H and O–H groups in total. The summed E-state index contributed by atoms with van der Waals surface area (Å²) >= 11 is 0. The number of benzene rings is 1. The first-order valence-electron chi connectivity index (χ1n) is 13.3. The number of nitrogens with zero attached hydrogens (tertiary/aromatic N) is 1.